The smallest absolute Gasteiger partial charge is 0.313 e. The lowest BCUT2D eigenvalue weighted by molar-refractivity contribution is -0.142. The normalized spacial score (nSPS) is 15.6. The molecule has 1 unspecified atom stereocenters. The highest BCUT2D eigenvalue weighted by molar-refractivity contribution is 5.97. The molecular weight excluding hydrogens is 246 g/mol. The van der Waals surface area contributed by atoms with Crippen molar-refractivity contribution in [3.63, 3.8) is 0 Å². The molecule has 5 nitrogen and oxygen atoms in total. The lowest BCUT2D eigenvalue weighted by atomic mass is 9.94. The molecule has 0 spiro atoms. The highest BCUT2D eigenvalue weighted by atomic mass is 16.5. The maximum Gasteiger partial charge on any atom is 0.313 e. The Morgan fingerprint density at radius 1 is 1.53 bits per heavy atom. The van der Waals surface area contributed by atoms with Crippen LogP contribution in [0.5, 0.6) is 5.75 Å². The van der Waals surface area contributed by atoms with Crippen LogP contribution in [0.3, 0.4) is 0 Å². The molecule has 2 rings (SSSR count). The van der Waals surface area contributed by atoms with E-state index in [0.717, 1.165) is 5.56 Å². The number of esters is 1. The van der Waals surface area contributed by atoms with Gasteiger partial charge in [-0.25, -0.2) is 0 Å². The highest BCUT2D eigenvalue weighted by Gasteiger charge is 2.23. The molecule has 1 aromatic carbocycles. The van der Waals surface area contributed by atoms with Crippen molar-refractivity contribution in [2.24, 2.45) is 0 Å². The summed E-state index contributed by atoms with van der Waals surface area (Å²) in [5.41, 5.74) is 1.24. The number of hydrogen-bond acceptors (Lipinski definition) is 4. The van der Waals surface area contributed by atoms with E-state index in [0.29, 0.717) is 30.9 Å². The van der Waals surface area contributed by atoms with Crippen molar-refractivity contribution in [2.75, 3.05) is 20.3 Å². The van der Waals surface area contributed by atoms with Crippen LogP contribution in [0.4, 0.5) is 0 Å². The van der Waals surface area contributed by atoms with E-state index in [9.17, 15) is 9.59 Å². The fraction of sp³-hybridized carbons (Fsp3) is 0.429. The zero-order valence-electron chi connectivity index (χ0n) is 11.1. The van der Waals surface area contributed by atoms with Gasteiger partial charge in [0.15, 0.2) is 0 Å². The molecule has 0 aliphatic carbocycles. The van der Waals surface area contributed by atoms with Gasteiger partial charge < -0.3 is 14.8 Å². The summed E-state index contributed by atoms with van der Waals surface area (Å²) in [6.45, 7) is 2.84. The van der Waals surface area contributed by atoms with Crippen LogP contribution in [0, 0.1) is 0 Å². The molecule has 0 bridgehead atoms. The minimum atomic E-state index is -0.355. The highest BCUT2D eigenvalue weighted by Crippen LogP contribution is 2.28. The molecular formula is C14H17NO4. The molecule has 1 N–H and O–H groups in total. The first-order valence-corrected chi connectivity index (χ1v) is 6.30. The number of fused-ring (bicyclic) bond motifs is 1. The van der Waals surface area contributed by atoms with Crippen LogP contribution in [-0.4, -0.2) is 32.1 Å². The van der Waals surface area contributed by atoms with E-state index in [1.807, 2.05) is 13.0 Å². The minimum absolute atomic E-state index is 0.172. The summed E-state index contributed by atoms with van der Waals surface area (Å²) in [5, 5.41) is 2.75. The molecule has 0 saturated heterocycles. The number of rotatable bonds is 3. The van der Waals surface area contributed by atoms with Crippen molar-refractivity contribution < 1.29 is 19.1 Å². The molecule has 19 heavy (non-hydrogen) atoms. The summed E-state index contributed by atoms with van der Waals surface area (Å²) >= 11 is 0. The second kappa shape index (κ2) is 5.73. The van der Waals surface area contributed by atoms with Crippen molar-refractivity contribution >= 4 is 11.9 Å². The fourth-order valence-corrected chi connectivity index (χ4v) is 2.17. The molecule has 0 radical (unpaired) electrons. The summed E-state index contributed by atoms with van der Waals surface area (Å²) < 4.78 is 10.3. The first kappa shape index (κ1) is 13.4. The predicted octanol–water partition coefficient (Wildman–Crippen LogP) is 1.48. The molecule has 0 saturated carbocycles. The second-order valence-corrected chi connectivity index (χ2v) is 4.34. The third-order valence-electron chi connectivity index (χ3n) is 3.19. The zero-order chi connectivity index (χ0) is 13.8. The van der Waals surface area contributed by atoms with Gasteiger partial charge in [0.2, 0.25) is 0 Å². The maximum absolute atomic E-state index is 11.9. The van der Waals surface area contributed by atoms with Gasteiger partial charge in [0.05, 0.1) is 25.1 Å². The van der Waals surface area contributed by atoms with Gasteiger partial charge >= 0.3 is 5.97 Å². The van der Waals surface area contributed by atoms with Crippen molar-refractivity contribution in [3.05, 3.63) is 29.3 Å². The Labute approximate surface area is 111 Å². The molecule has 0 aromatic heterocycles. The Bertz CT molecular complexity index is 498. The van der Waals surface area contributed by atoms with E-state index in [1.165, 1.54) is 7.11 Å². The van der Waals surface area contributed by atoms with Crippen LogP contribution >= 0.6 is 0 Å². The van der Waals surface area contributed by atoms with Crippen LogP contribution in [0.2, 0.25) is 0 Å². The molecule has 1 aliphatic rings. The number of carbonyl (C=O) groups is 2. The molecule has 1 heterocycles. The lowest BCUT2D eigenvalue weighted by Gasteiger charge is -2.14. The van der Waals surface area contributed by atoms with Crippen molar-refractivity contribution in [1.29, 1.82) is 0 Å². The SMILES string of the molecule is CCC(C(=O)OC)c1ccc2c(c1)C(=O)NCCO2. The van der Waals surface area contributed by atoms with Gasteiger partial charge in [0.25, 0.3) is 5.91 Å². The van der Waals surface area contributed by atoms with Crippen LogP contribution in [0.15, 0.2) is 18.2 Å². The predicted molar refractivity (Wildman–Crippen MR) is 69.3 cm³/mol. The Kier molecular flexibility index (Phi) is 4.04. The number of amides is 1. The third kappa shape index (κ3) is 2.70. The van der Waals surface area contributed by atoms with E-state index in [1.54, 1.807) is 12.1 Å². The van der Waals surface area contributed by atoms with Crippen LogP contribution in [0.25, 0.3) is 0 Å². The van der Waals surface area contributed by atoms with Crippen molar-refractivity contribution in [1.82, 2.24) is 5.32 Å². The summed E-state index contributed by atoms with van der Waals surface area (Å²) in [5.74, 6) is -0.267. The summed E-state index contributed by atoms with van der Waals surface area (Å²) in [6, 6.07) is 5.25. The summed E-state index contributed by atoms with van der Waals surface area (Å²) in [4.78, 5) is 23.6. The Hall–Kier alpha value is -2.04. The molecule has 5 heteroatoms. The average molecular weight is 263 g/mol. The van der Waals surface area contributed by atoms with E-state index in [4.69, 9.17) is 9.47 Å². The van der Waals surface area contributed by atoms with E-state index >= 15 is 0 Å². The first-order valence-electron chi connectivity index (χ1n) is 6.30. The summed E-state index contributed by atoms with van der Waals surface area (Å²) in [7, 11) is 1.37. The topological polar surface area (TPSA) is 64.6 Å². The van der Waals surface area contributed by atoms with Crippen molar-refractivity contribution in [3.8, 4) is 5.75 Å². The Morgan fingerprint density at radius 2 is 2.32 bits per heavy atom. The van der Waals surface area contributed by atoms with Crippen LogP contribution < -0.4 is 10.1 Å². The van der Waals surface area contributed by atoms with Gasteiger partial charge in [-0.1, -0.05) is 13.0 Å². The molecule has 1 aromatic rings. The number of nitrogens with one attached hydrogen (secondary N) is 1. The Balaban J connectivity index is 2.38. The second-order valence-electron chi connectivity index (χ2n) is 4.34. The third-order valence-corrected chi connectivity index (χ3v) is 3.19. The fourth-order valence-electron chi connectivity index (χ4n) is 2.17. The summed E-state index contributed by atoms with van der Waals surface area (Å²) in [6.07, 6.45) is 0.619. The standard InChI is InChI=1S/C14H17NO4/c1-3-10(14(17)18-2)9-4-5-12-11(8-9)13(16)15-6-7-19-12/h4-5,8,10H,3,6-7H2,1-2H3,(H,15,16). The average Bonchev–Trinajstić information content (AvgIpc) is 2.61. The van der Waals surface area contributed by atoms with Gasteiger partial charge in [-0.05, 0) is 24.1 Å². The van der Waals surface area contributed by atoms with Gasteiger partial charge in [-0.3, -0.25) is 9.59 Å². The number of methoxy groups -OCH3 is 1. The van der Waals surface area contributed by atoms with Gasteiger partial charge in [0.1, 0.15) is 12.4 Å². The van der Waals surface area contributed by atoms with Gasteiger partial charge in [0, 0.05) is 0 Å². The van der Waals surface area contributed by atoms with E-state index in [-0.39, 0.29) is 17.8 Å². The largest absolute Gasteiger partial charge is 0.491 e. The Morgan fingerprint density at radius 3 is 3.00 bits per heavy atom. The number of benzene rings is 1. The number of hydrogen-bond donors (Lipinski definition) is 1. The van der Waals surface area contributed by atoms with Crippen LogP contribution in [-0.2, 0) is 9.53 Å². The molecule has 102 valence electrons. The number of ether oxygens (including phenoxy) is 2. The number of carbonyl (C=O) groups excluding carboxylic acids is 2. The van der Waals surface area contributed by atoms with Crippen LogP contribution in [0.1, 0.15) is 35.2 Å². The zero-order valence-corrected chi connectivity index (χ0v) is 11.1. The molecule has 1 amide bonds. The lowest BCUT2D eigenvalue weighted by Crippen LogP contribution is -2.24. The molecule has 1 aliphatic heterocycles. The molecule has 0 fully saturated rings. The van der Waals surface area contributed by atoms with Gasteiger partial charge in [-0.2, -0.15) is 0 Å². The van der Waals surface area contributed by atoms with E-state index < -0.39 is 0 Å². The van der Waals surface area contributed by atoms with E-state index in [2.05, 4.69) is 5.32 Å². The monoisotopic (exact) mass is 263 g/mol. The minimum Gasteiger partial charge on any atom is -0.491 e. The van der Waals surface area contributed by atoms with Crippen molar-refractivity contribution in [2.45, 2.75) is 19.3 Å². The molecule has 1 atom stereocenters. The quantitative estimate of drug-likeness (QED) is 0.839. The maximum atomic E-state index is 11.9. The first-order chi connectivity index (χ1) is 9.17. The van der Waals surface area contributed by atoms with Gasteiger partial charge in [-0.15, -0.1) is 0 Å².